The van der Waals surface area contributed by atoms with E-state index in [1.54, 1.807) is 0 Å². The summed E-state index contributed by atoms with van der Waals surface area (Å²) in [4.78, 5) is 4.69. The van der Waals surface area contributed by atoms with Crippen molar-refractivity contribution < 1.29 is 0 Å². The molecule has 1 saturated heterocycles. The molecule has 0 amide bonds. The molecule has 1 aliphatic heterocycles. The summed E-state index contributed by atoms with van der Waals surface area (Å²) in [5.74, 6) is 0. The Bertz CT molecular complexity index is 769. The van der Waals surface area contributed by atoms with Crippen LogP contribution >= 0.6 is 0 Å². The van der Waals surface area contributed by atoms with Gasteiger partial charge in [0.05, 0.1) is 38.6 Å². The van der Waals surface area contributed by atoms with E-state index in [2.05, 4.69) is 106 Å². The number of nitrogens with zero attached hydrogens (tertiary/aromatic N) is 6. The predicted octanol–water partition coefficient (Wildman–Crippen LogP) is 4.36. The van der Waals surface area contributed by atoms with Gasteiger partial charge in [-0.25, -0.2) is 0 Å². The van der Waals surface area contributed by atoms with Crippen molar-refractivity contribution in [3.63, 3.8) is 0 Å². The van der Waals surface area contributed by atoms with Gasteiger partial charge in [-0.05, 0) is 63.1 Å². The standard InChI is InChI=1S/C26H38N6/c1-5-29(6-2)25-13-9-23(10-14-25)21-27-31-17-19-32(20-18-31)28-22-24-11-15-26(16-12-24)30(7-3)8-4/h9-16,21-22H,5-8,17-20H2,1-4H3/b27-21+,28-22+. The predicted molar refractivity (Wildman–Crippen MR) is 138 cm³/mol. The Morgan fingerprint density at radius 3 is 1.19 bits per heavy atom. The summed E-state index contributed by atoms with van der Waals surface area (Å²) >= 11 is 0. The molecule has 6 nitrogen and oxygen atoms in total. The maximum absolute atomic E-state index is 4.67. The minimum atomic E-state index is 0.881. The van der Waals surface area contributed by atoms with Gasteiger partial charge in [-0.2, -0.15) is 10.2 Å². The van der Waals surface area contributed by atoms with Crippen molar-refractivity contribution in [2.45, 2.75) is 27.7 Å². The molecule has 32 heavy (non-hydrogen) atoms. The molecule has 0 radical (unpaired) electrons. The molecule has 0 atom stereocenters. The molecule has 0 saturated carbocycles. The van der Waals surface area contributed by atoms with Crippen molar-refractivity contribution in [2.75, 3.05) is 62.2 Å². The Kier molecular flexibility index (Phi) is 8.96. The zero-order valence-electron chi connectivity index (χ0n) is 20.1. The van der Waals surface area contributed by atoms with E-state index in [0.29, 0.717) is 0 Å². The van der Waals surface area contributed by atoms with Gasteiger partial charge in [0.1, 0.15) is 0 Å². The second-order valence-electron chi connectivity index (χ2n) is 7.92. The molecule has 3 rings (SSSR count). The number of anilines is 2. The molecule has 172 valence electrons. The Labute approximate surface area is 193 Å². The molecule has 0 bridgehead atoms. The van der Waals surface area contributed by atoms with Crippen LogP contribution in [0.2, 0.25) is 0 Å². The summed E-state index contributed by atoms with van der Waals surface area (Å²) in [7, 11) is 0. The molecule has 1 fully saturated rings. The van der Waals surface area contributed by atoms with Crippen molar-refractivity contribution >= 4 is 23.8 Å². The van der Waals surface area contributed by atoms with Crippen molar-refractivity contribution in [1.82, 2.24) is 10.0 Å². The number of benzene rings is 2. The highest BCUT2D eigenvalue weighted by molar-refractivity contribution is 5.80. The van der Waals surface area contributed by atoms with Gasteiger partial charge in [0.15, 0.2) is 0 Å². The molecule has 0 aromatic heterocycles. The molecule has 0 N–H and O–H groups in total. The Hall–Kier alpha value is -3.02. The molecule has 1 heterocycles. The monoisotopic (exact) mass is 434 g/mol. The van der Waals surface area contributed by atoms with E-state index in [0.717, 1.165) is 63.5 Å². The fraction of sp³-hybridized carbons (Fsp3) is 0.462. The quantitative estimate of drug-likeness (QED) is 0.521. The van der Waals surface area contributed by atoms with E-state index >= 15 is 0 Å². The highest BCUT2D eigenvalue weighted by atomic mass is 15.5. The SMILES string of the molecule is CCN(CC)c1ccc(/C=N/N2CCN(/N=C/c3ccc(N(CC)CC)cc3)CC2)cc1. The van der Waals surface area contributed by atoms with Gasteiger partial charge in [-0.1, -0.05) is 24.3 Å². The van der Waals surface area contributed by atoms with E-state index in [1.807, 2.05) is 12.4 Å². The first-order valence-electron chi connectivity index (χ1n) is 11.9. The van der Waals surface area contributed by atoms with Crippen molar-refractivity contribution in [3.05, 3.63) is 59.7 Å². The van der Waals surface area contributed by atoms with Gasteiger partial charge in [0, 0.05) is 37.6 Å². The van der Waals surface area contributed by atoms with E-state index < -0.39 is 0 Å². The van der Waals surface area contributed by atoms with Crippen LogP contribution in [-0.4, -0.2) is 74.8 Å². The summed E-state index contributed by atoms with van der Waals surface area (Å²) in [6.45, 7) is 16.4. The molecule has 1 aliphatic rings. The summed E-state index contributed by atoms with van der Waals surface area (Å²) in [6.07, 6.45) is 3.92. The lowest BCUT2D eigenvalue weighted by atomic mass is 10.2. The lowest BCUT2D eigenvalue weighted by Gasteiger charge is -2.31. The van der Waals surface area contributed by atoms with E-state index in [-0.39, 0.29) is 0 Å². The largest absolute Gasteiger partial charge is 0.372 e. The summed E-state index contributed by atoms with van der Waals surface area (Å²) in [5, 5.41) is 13.6. The first kappa shape index (κ1) is 23.6. The molecule has 0 aliphatic carbocycles. The summed E-state index contributed by atoms with van der Waals surface area (Å²) in [5.41, 5.74) is 4.80. The van der Waals surface area contributed by atoms with Gasteiger partial charge < -0.3 is 9.80 Å². The third-order valence-corrected chi connectivity index (χ3v) is 6.02. The smallest absolute Gasteiger partial charge is 0.0553 e. The van der Waals surface area contributed by atoms with Crippen LogP contribution in [0, 0.1) is 0 Å². The molecule has 0 unspecified atom stereocenters. The zero-order valence-corrected chi connectivity index (χ0v) is 20.1. The van der Waals surface area contributed by atoms with Crippen molar-refractivity contribution in [3.8, 4) is 0 Å². The van der Waals surface area contributed by atoms with Crippen LogP contribution in [0.25, 0.3) is 0 Å². The Morgan fingerprint density at radius 1 is 0.594 bits per heavy atom. The van der Waals surface area contributed by atoms with E-state index in [9.17, 15) is 0 Å². The minimum absolute atomic E-state index is 0.881. The summed E-state index contributed by atoms with van der Waals surface area (Å²) in [6, 6.07) is 17.3. The third kappa shape index (κ3) is 6.49. The van der Waals surface area contributed by atoms with Crippen LogP contribution < -0.4 is 9.80 Å². The second kappa shape index (κ2) is 12.1. The number of hydrogen-bond donors (Lipinski definition) is 0. The minimum Gasteiger partial charge on any atom is -0.372 e. The van der Waals surface area contributed by atoms with Crippen LogP contribution in [0.1, 0.15) is 38.8 Å². The normalized spacial score (nSPS) is 14.5. The first-order chi connectivity index (χ1) is 15.7. The number of hydrogen-bond acceptors (Lipinski definition) is 6. The molecular weight excluding hydrogens is 396 g/mol. The van der Waals surface area contributed by atoms with Gasteiger partial charge in [-0.15, -0.1) is 0 Å². The number of piperazine rings is 1. The number of hydrazone groups is 2. The Morgan fingerprint density at radius 2 is 0.906 bits per heavy atom. The lowest BCUT2D eigenvalue weighted by Crippen LogP contribution is -2.41. The van der Waals surface area contributed by atoms with Gasteiger partial charge in [0.2, 0.25) is 0 Å². The molecule has 6 heteroatoms. The van der Waals surface area contributed by atoms with Crippen LogP contribution in [-0.2, 0) is 0 Å². The molecule has 2 aromatic rings. The molecule has 2 aromatic carbocycles. The lowest BCUT2D eigenvalue weighted by molar-refractivity contribution is 0.141. The maximum atomic E-state index is 4.67. The van der Waals surface area contributed by atoms with Crippen LogP contribution in [0.3, 0.4) is 0 Å². The van der Waals surface area contributed by atoms with Crippen LogP contribution in [0.15, 0.2) is 58.7 Å². The highest BCUT2D eigenvalue weighted by Gasteiger charge is 2.13. The van der Waals surface area contributed by atoms with Gasteiger partial charge in [0.25, 0.3) is 0 Å². The highest BCUT2D eigenvalue weighted by Crippen LogP contribution is 2.15. The van der Waals surface area contributed by atoms with Gasteiger partial charge >= 0.3 is 0 Å². The average Bonchev–Trinajstić information content (AvgIpc) is 2.85. The maximum Gasteiger partial charge on any atom is 0.0553 e. The average molecular weight is 435 g/mol. The number of rotatable bonds is 10. The topological polar surface area (TPSA) is 37.7 Å². The van der Waals surface area contributed by atoms with E-state index in [4.69, 9.17) is 0 Å². The zero-order chi connectivity index (χ0) is 22.8. The first-order valence-corrected chi connectivity index (χ1v) is 11.9. The molecular formula is C26H38N6. The van der Waals surface area contributed by atoms with Crippen molar-refractivity contribution in [2.24, 2.45) is 10.2 Å². The van der Waals surface area contributed by atoms with Crippen molar-refractivity contribution in [1.29, 1.82) is 0 Å². The second-order valence-corrected chi connectivity index (χ2v) is 7.92. The fourth-order valence-corrected chi connectivity index (χ4v) is 3.93. The third-order valence-electron chi connectivity index (χ3n) is 6.02. The van der Waals surface area contributed by atoms with E-state index in [1.165, 1.54) is 11.4 Å². The Balaban J connectivity index is 1.46. The van der Waals surface area contributed by atoms with Crippen LogP contribution in [0.5, 0.6) is 0 Å². The summed E-state index contributed by atoms with van der Waals surface area (Å²) < 4.78 is 0. The van der Waals surface area contributed by atoms with Crippen LogP contribution in [0.4, 0.5) is 11.4 Å². The fourth-order valence-electron chi connectivity index (χ4n) is 3.93. The molecule has 0 spiro atoms. The van der Waals surface area contributed by atoms with Gasteiger partial charge in [-0.3, -0.25) is 10.0 Å².